The van der Waals surface area contributed by atoms with Crippen molar-refractivity contribution in [3.05, 3.63) is 63.5 Å². The third kappa shape index (κ3) is 3.17. The molecule has 0 bridgehead atoms. The van der Waals surface area contributed by atoms with Gasteiger partial charge in [0.2, 0.25) is 5.89 Å². The van der Waals surface area contributed by atoms with Crippen molar-refractivity contribution < 1.29 is 9.15 Å². The summed E-state index contributed by atoms with van der Waals surface area (Å²) in [4.78, 5) is 22.6. The Labute approximate surface area is 168 Å². The van der Waals surface area contributed by atoms with Gasteiger partial charge in [-0.15, -0.1) is 0 Å². The summed E-state index contributed by atoms with van der Waals surface area (Å²) in [7, 11) is 1.61. The van der Waals surface area contributed by atoms with Crippen LogP contribution in [-0.4, -0.2) is 26.7 Å². The molecular formula is C22H24N4O3. The van der Waals surface area contributed by atoms with Gasteiger partial charge >= 0.3 is 0 Å². The zero-order valence-corrected chi connectivity index (χ0v) is 17.2. The second kappa shape index (κ2) is 7.33. The maximum Gasteiger partial charge on any atom is 0.285 e. The van der Waals surface area contributed by atoms with Crippen LogP contribution in [0.5, 0.6) is 0 Å². The third-order valence-corrected chi connectivity index (χ3v) is 4.95. The number of benzene rings is 1. The Morgan fingerprint density at radius 3 is 2.52 bits per heavy atom. The Balaban J connectivity index is 1.95. The molecule has 0 spiro atoms. The summed E-state index contributed by atoms with van der Waals surface area (Å²) >= 11 is 0. The lowest BCUT2D eigenvalue weighted by Gasteiger charge is -2.04. The number of aryl methyl sites for hydroxylation is 2. The number of rotatable bonds is 5. The number of hydrogen-bond acceptors (Lipinski definition) is 5. The number of methoxy groups -OCH3 is 1. The summed E-state index contributed by atoms with van der Waals surface area (Å²) in [5.41, 5.74) is 4.77. The van der Waals surface area contributed by atoms with Crippen LogP contribution in [-0.2, 0) is 11.3 Å². The fourth-order valence-electron chi connectivity index (χ4n) is 3.65. The molecule has 0 aliphatic heterocycles. The summed E-state index contributed by atoms with van der Waals surface area (Å²) in [6.45, 7) is 8.11. The first-order valence-corrected chi connectivity index (χ1v) is 9.58. The highest BCUT2D eigenvalue weighted by Gasteiger charge is 2.24. The van der Waals surface area contributed by atoms with Gasteiger partial charge in [-0.05, 0) is 19.4 Å². The number of aromatic nitrogens is 4. The van der Waals surface area contributed by atoms with Crippen molar-refractivity contribution >= 4 is 5.65 Å². The molecule has 29 heavy (non-hydrogen) atoms. The first-order chi connectivity index (χ1) is 13.9. The van der Waals surface area contributed by atoms with Crippen LogP contribution in [0, 0.1) is 13.8 Å². The number of ether oxygens (including phenoxy) is 1. The van der Waals surface area contributed by atoms with E-state index >= 15 is 0 Å². The summed E-state index contributed by atoms with van der Waals surface area (Å²) in [6.07, 6.45) is 0. The Morgan fingerprint density at radius 1 is 1.14 bits per heavy atom. The highest BCUT2D eigenvalue weighted by atomic mass is 16.5. The summed E-state index contributed by atoms with van der Waals surface area (Å²) < 4.78 is 12.7. The lowest BCUT2D eigenvalue weighted by molar-refractivity contribution is 0.179. The van der Waals surface area contributed by atoms with Crippen molar-refractivity contribution in [1.82, 2.24) is 19.6 Å². The minimum Gasteiger partial charge on any atom is -0.440 e. The van der Waals surface area contributed by atoms with E-state index in [0.717, 1.165) is 22.6 Å². The fraction of sp³-hybridized carbons (Fsp3) is 0.318. The minimum absolute atomic E-state index is 0.124. The molecule has 1 N–H and O–H groups in total. The normalized spacial score (nSPS) is 11.7. The zero-order valence-electron chi connectivity index (χ0n) is 17.2. The molecule has 0 atom stereocenters. The van der Waals surface area contributed by atoms with Crippen LogP contribution in [0.3, 0.4) is 0 Å². The molecule has 0 aliphatic carbocycles. The Kier molecular flexibility index (Phi) is 4.84. The van der Waals surface area contributed by atoms with Crippen LogP contribution in [0.2, 0.25) is 0 Å². The molecule has 0 fully saturated rings. The third-order valence-electron chi connectivity index (χ3n) is 4.95. The Hall–Kier alpha value is -3.19. The molecule has 3 heterocycles. The van der Waals surface area contributed by atoms with Crippen LogP contribution in [0.4, 0.5) is 0 Å². The van der Waals surface area contributed by atoms with E-state index in [0.29, 0.717) is 29.2 Å². The van der Waals surface area contributed by atoms with Gasteiger partial charge in [0.15, 0.2) is 5.65 Å². The van der Waals surface area contributed by atoms with Gasteiger partial charge in [0.25, 0.3) is 5.56 Å². The number of hydrogen-bond donors (Lipinski definition) is 1. The molecule has 1 aromatic carbocycles. The lowest BCUT2D eigenvalue weighted by Crippen LogP contribution is -2.19. The molecule has 0 amide bonds. The maximum absolute atomic E-state index is 13.4. The van der Waals surface area contributed by atoms with E-state index in [9.17, 15) is 4.79 Å². The van der Waals surface area contributed by atoms with Gasteiger partial charge in [0.05, 0.1) is 12.3 Å². The van der Waals surface area contributed by atoms with E-state index in [2.05, 4.69) is 10.1 Å². The van der Waals surface area contributed by atoms with Crippen molar-refractivity contribution in [1.29, 1.82) is 0 Å². The number of oxazole rings is 1. The highest BCUT2D eigenvalue weighted by molar-refractivity contribution is 5.80. The number of H-pyrrole nitrogens is 1. The summed E-state index contributed by atoms with van der Waals surface area (Å²) in [6, 6.07) is 9.91. The van der Waals surface area contributed by atoms with E-state index in [1.807, 2.05) is 58.0 Å². The SMILES string of the molecule is COCc1nc(-c2c(C)nc3c(-c4ccccc4)c(C)[nH]n3c2=O)oc1C(C)C. The van der Waals surface area contributed by atoms with Crippen LogP contribution in [0.25, 0.3) is 28.2 Å². The topological polar surface area (TPSA) is 85.4 Å². The van der Waals surface area contributed by atoms with E-state index < -0.39 is 0 Å². The Bertz CT molecular complexity index is 1230. The molecular weight excluding hydrogens is 368 g/mol. The number of nitrogens with zero attached hydrogens (tertiary/aromatic N) is 3. The monoisotopic (exact) mass is 392 g/mol. The molecule has 0 saturated heterocycles. The molecule has 7 heteroatoms. The van der Waals surface area contributed by atoms with Crippen LogP contribution < -0.4 is 5.56 Å². The largest absolute Gasteiger partial charge is 0.440 e. The first-order valence-electron chi connectivity index (χ1n) is 9.58. The second-order valence-corrected chi connectivity index (χ2v) is 7.43. The predicted molar refractivity (Wildman–Crippen MR) is 111 cm³/mol. The van der Waals surface area contributed by atoms with Gasteiger partial charge in [-0.2, -0.15) is 0 Å². The van der Waals surface area contributed by atoms with Gasteiger partial charge in [-0.25, -0.2) is 14.5 Å². The fourth-order valence-corrected chi connectivity index (χ4v) is 3.65. The van der Waals surface area contributed by atoms with Gasteiger partial charge in [0, 0.05) is 24.3 Å². The number of aromatic amines is 1. The predicted octanol–water partition coefficient (Wildman–Crippen LogP) is 4.23. The van der Waals surface area contributed by atoms with Gasteiger partial charge in [0.1, 0.15) is 17.0 Å². The lowest BCUT2D eigenvalue weighted by atomic mass is 10.1. The Morgan fingerprint density at radius 2 is 1.86 bits per heavy atom. The smallest absolute Gasteiger partial charge is 0.285 e. The van der Waals surface area contributed by atoms with Crippen molar-refractivity contribution in [2.75, 3.05) is 7.11 Å². The molecule has 0 saturated carbocycles. The van der Waals surface area contributed by atoms with Crippen molar-refractivity contribution in [2.24, 2.45) is 0 Å². The second-order valence-electron chi connectivity index (χ2n) is 7.43. The maximum atomic E-state index is 13.4. The standard InChI is InChI=1S/C22H24N4O3/c1-12(2)19-16(11-28-5)24-21(29-19)18-13(3)23-20-17(15-9-7-6-8-10-15)14(4)25-26(20)22(18)27/h6-10,12,25H,11H2,1-5H3. The van der Waals surface area contributed by atoms with Gasteiger partial charge in [-0.3, -0.25) is 9.89 Å². The average molecular weight is 392 g/mol. The molecule has 0 aliphatic rings. The van der Waals surface area contributed by atoms with E-state index in [1.54, 1.807) is 7.11 Å². The number of nitrogens with one attached hydrogen (secondary N) is 1. The molecule has 4 rings (SSSR count). The molecule has 0 unspecified atom stereocenters. The molecule has 150 valence electrons. The zero-order chi connectivity index (χ0) is 20.7. The number of fused-ring (bicyclic) bond motifs is 1. The molecule has 0 radical (unpaired) electrons. The van der Waals surface area contributed by atoms with Gasteiger partial charge < -0.3 is 9.15 Å². The quantitative estimate of drug-likeness (QED) is 0.549. The summed E-state index contributed by atoms with van der Waals surface area (Å²) in [5.74, 6) is 1.12. The van der Waals surface area contributed by atoms with Crippen LogP contribution in [0.15, 0.2) is 39.5 Å². The molecule has 4 aromatic rings. The minimum atomic E-state index is -0.238. The van der Waals surface area contributed by atoms with Crippen molar-refractivity contribution in [3.8, 4) is 22.6 Å². The van der Waals surface area contributed by atoms with Gasteiger partial charge in [-0.1, -0.05) is 44.2 Å². The molecule has 3 aromatic heterocycles. The molecule has 7 nitrogen and oxygen atoms in total. The van der Waals surface area contributed by atoms with E-state index in [-0.39, 0.29) is 17.4 Å². The van der Waals surface area contributed by atoms with E-state index in [1.165, 1.54) is 4.52 Å². The van der Waals surface area contributed by atoms with E-state index in [4.69, 9.17) is 14.1 Å². The summed E-state index contributed by atoms with van der Waals surface area (Å²) in [5, 5.41) is 3.15. The van der Waals surface area contributed by atoms with Crippen LogP contribution >= 0.6 is 0 Å². The van der Waals surface area contributed by atoms with Crippen molar-refractivity contribution in [2.45, 2.75) is 40.2 Å². The van der Waals surface area contributed by atoms with Crippen molar-refractivity contribution in [3.63, 3.8) is 0 Å². The average Bonchev–Trinajstić information content (AvgIpc) is 3.24. The highest BCUT2D eigenvalue weighted by Crippen LogP contribution is 2.30. The van der Waals surface area contributed by atoms with Crippen LogP contribution in [0.1, 0.15) is 42.6 Å². The first kappa shape index (κ1) is 19.1.